The molecule has 2 aromatic heterocycles. The third kappa shape index (κ3) is 3.88. The topological polar surface area (TPSA) is 83.0 Å². The van der Waals surface area contributed by atoms with Gasteiger partial charge in [0.2, 0.25) is 0 Å². The Labute approximate surface area is 143 Å². The van der Waals surface area contributed by atoms with Gasteiger partial charge in [-0.15, -0.1) is 4.57 Å². The van der Waals surface area contributed by atoms with Crippen molar-refractivity contribution in [2.24, 2.45) is 0 Å². The number of hydrogen-bond donors (Lipinski definition) is 0. The molecule has 130 valence electrons. The van der Waals surface area contributed by atoms with Crippen LogP contribution in [0, 0.1) is 20.8 Å². The van der Waals surface area contributed by atoms with Crippen LogP contribution in [0.3, 0.4) is 0 Å². The number of benzene rings is 1. The lowest BCUT2D eigenvalue weighted by Gasteiger charge is -2.08. The molecule has 0 spiro atoms. The number of carbonyl (C=O) groups is 1. The van der Waals surface area contributed by atoms with Crippen LogP contribution in [0.2, 0.25) is 0 Å². The van der Waals surface area contributed by atoms with E-state index in [-0.39, 0.29) is 18.8 Å². The summed E-state index contributed by atoms with van der Waals surface area (Å²) < 4.78 is 16.8. The quantitative estimate of drug-likeness (QED) is 0.662. The van der Waals surface area contributed by atoms with Crippen LogP contribution >= 0.6 is 0 Å². The Morgan fingerprint density at radius 1 is 1.16 bits per heavy atom. The number of nitrogens with zero attached hydrogens (tertiary/aromatic N) is 2. The van der Waals surface area contributed by atoms with Gasteiger partial charge in [0.25, 0.3) is 5.56 Å². The maximum atomic E-state index is 11.9. The Morgan fingerprint density at radius 2 is 1.96 bits per heavy atom. The summed E-state index contributed by atoms with van der Waals surface area (Å²) in [5.41, 5.74) is 2.60. The van der Waals surface area contributed by atoms with Crippen molar-refractivity contribution >= 4 is 11.6 Å². The summed E-state index contributed by atoms with van der Waals surface area (Å²) >= 11 is 0. The Hall–Kier alpha value is -3.09. The van der Waals surface area contributed by atoms with Crippen LogP contribution in [-0.4, -0.2) is 22.1 Å². The Bertz CT molecular complexity index is 987. The van der Waals surface area contributed by atoms with Gasteiger partial charge < -0.3 is 14.0 Å². The van der Waals surface area contributed by atoms with E-state index in [1.165, 1.54) is 6.07 Å². The van der Waals surface area contributed by atoms with E-state index < -0.39 is 5.97 Å². The van der Waals surface area contributed by atoms with E-state index in [1.807, 2.05) is 26.0 Å². The van der Waals surface area contributed by atoms with E-state index >= 15 is 0 Å². The minimum absolute atomic E-state index is 0.106. The predicted octanol–water partition coefficient (Wildman–Crippen LogP) is 2.33. The summed E-state index contributed by atoms with van der Waals surface area (Å²) in [7, 11) is 0. The van der Waals surface area contributed by atoms with Crippen LogP contribution in [0.25, 0.3) is 5.65 Å². The molecule has 2 heterocycles. The molecule has 0 bridgehead atoms. The first-order valence-corrected chi connectivity index (χ1v) is 7.77. The van der Waals surface area contributed by atoms with Gasteiger partial charge in [-0.3, -0.25) is 4.79 Å². The summed E-state index contributed by atoms with van der Waals surface area (Å²) in [5.74, 6) is 0.635. The molecule has 0 amide bonds. The maximum absolute atomic E-state index is 11.9. The van der Waals surface area contributed by atoms with Crippen molar-refractivity contribution in [1.82, 2.24) is 9.56 Å². The first-order chi connectivity index (χ1) is 11.9. The lowest BCUT2D eigenvalue weighted by atomic mass is 10.1. The summed E-state index contributed by atoms with van der Waals surface area (Å²) in [5, 5.41) is 0. The molecule has 0 N–H and O–H groups in total. The zero-order chi connectivity index (χ0) is 18.0. The number of ether oxygens (including phenoxy) is 2. The highest BCUT2D eigenvalue weighted by Crippen LogP contribution is 2.16. The fraction of sp³-hybridized carbons (Fsp3) is 0.278. The van der Waals surface area contributed by atoms with E-state index in [1.54, 1.807) is 19.1 Å². The van der Waals surface area contributed by atoms with Gasteiger partial charge in [-0.25, -0.2) is 9.78 Å². The second kappa shape index (κ2) is 6.80. The van der Waals surface area contributed by atoms with Gasteiger partial charge in [-0.05, 0) is 44.0 Å². The lowest BCUT2D eigenvalue weighted by Crippen LogP contribution is -2.17. The van der Waals surface area contributed by atoms with Crippen LogP contribution < -0.4 is 10.3 Å². The number of fused-ring (bicyclic) bond motifs is 1. The van der Waals surface area contributed by atoms with Crippen molar-refractivity contribution in [2.45, 2.75) is 27.4 Å². The Morgan fingerprint density at radius 3 is 2.72 bits per heavy atom. The van der Waals surface area contributed by atoms with Crippen molar-refractivity contribution in [3.63, 3.8) is 0 Å². The van der Waals surface area contributed by atoms with Gasteiger partial charge in [0.05, 0.1) is 5.69 Å². The molecule has 0 saturated carbocycles. The third-order valence-corrected chi connectivity index (χ3v) is 3.74. The monoisotopic (exact) mass is 342 g/mol. The predicted molar refractivity (Wildman–Crippen MR) is 89.7 cm³/mol. The van der Waals surface area contributed by atoms with Gasteiger partial charge in [0.15, 0.2) is 12.3 Å². The second-order valence-corrected chi connectivity index (χ2v) is 5.78. The zero-order valence-electron chi connectivity index (χ0n) is 14.2. The number of aryl methyl sites for hydroxylation is 3. The SMILES string of the molecule is Cc1cc2nc(COC(=O)COc3ccc(C)c(C)c3)cc(=O)n2o1. The van der Waals surface area contributed by atoms with E-state index in [0.717, 1.165) is 15.7 Å². The number of carbonyl (C=O) groups excluding carboxylic acids is 1. The minimum Gasteiger partial charge on any atom is -0.482 e. The van der Waals surface area contributed by atoms with Gasteiger partial charge in [0.1, 0.15) is 18.1 Å². The molecule has 0 aliphatic rings. The molecule has 7 heteroatoms. The molecule has 1 aromatic carbocycles. The Kier molecular flexibility index (Phi) is 4.56. The first kappa shape index (κ1) is 16.8. The summed E-state index contributed by atoms with van der Waals surface area (Å²) in [4.78, 5) is 27.9. The zero-order valence-corrected chi connectivity index (χ0v) is 14.2. The summed E-state index contributed by atoms with van der Waals surface area (Å²) in [6, 6.07) is 8.49. The van der Waals surface area contributed by atoms with E-state index in [0.29, 0.717) is 22.9 Å². The van der Waals surface area contributed by atoms with Gasteiger partial charge in [0, 0.05) is 12.1 Å². The fourth-order valence-electron chi connectivity index (χ4n) is 2.29. The third-order valence-electron chi connectivity index (χ3n) is 3.74. The minimum atomic E-state index is -0.538. The van der Waals surface area contributed by atoms with Crippen molar-refractivity contribution in [3.8, 4) is 5.75 Å². The normalized spacial score (nSPS) is 10.8. The molecule has 3 rings (SSSR count). The fourth-order valence-corrected chi connectivity index (χ4v) is 2.29. The van der Waals surface area contributed by atoms with Crippen molar-refractivity contribution in [2.75, 3.05) is 6.61 Å². The van der Waals surface area contributed by atoms with Crippen molar-refractivity contribution in [1.29, 1.82) is 0 Å². The van der Waals surface area contributed by atoms with E-state index in [9.17, 15) is 9.59 Å². The molecule has 0 radical (unpaired) electrons. The Balaban J connectivity index is 1.58. The molecule has 0 atom stereocenters. The van der Waals surface area contributed by atoms with Gasteiger partial charge in [-0.2, -0.15) is 0 Å². The highest BCUT2D eigenvalue weighted by Gasteiger charge is 2.10. The van der Waals surface area contributed by atoms with Crippen LogP contribution in [0.5, 0.6) is 5.75 Å². The molecular formula is C18H18N2O5. The number of aromatic nitrogens is 2. The molecule has 0 aliphatic carbocycles. The lowest BCUT2D eigenvalue weighted by molar-refractivity contribution is -0.147. The molecule has 0 aliphatic heterocycles. The van der Waals surface area contributed by atoms with E-state index in [2.05, 4.69) is 4.98 Å². The van der Waals surface area contributed by atoms with Crippen molar-refractivity contribution in [3.05, 3.63) is 63.3 Å². The number of rotatable bonds is 5. The maximum Gasteiger partial charge on any atom is 0.344 e. The molecule has 25 heavy (non-hydrogen) atoms. The molecule has 0 fully saturated rings. The second-order valence-electron chi connectivity index (χ2n) is 5.78. The van der Waals surface area contributed by atoms with Gasteiger partial charge in [-0.1, -0.05) is 6.07 Å². The molecule has 0 saturated heterocycles. The summed E-state index contributed by atoms with van der Waals surface area (Å²) in [6.07, 6.45) is 0. The van der Waals surface area contributed by atoms with Crippen LogP contribution in [0.4, 0.5) is 0 Å². The smallest absolute Gasteiger partial charge is 0.344 e. The van der Waals surface area contributed by atoms with Crippen molar-refractivity contribution < 1.29 is 18.8 Å². The largest absolute Gasteiger partial charge is 0.482 e. The molecular weight excluding hydrogens is 324 g/mol. The number of hydrogen-bond acceptors (Lipinski definition) is 6. The van der Waals surface area contributed by atoms with Crippen LogP contribution in [-0.2, 0) is 16.1 Å². The summed E-state index contributed by atoms with van der Waals surface area (Å²) in [6.45, 7) is 5.37. The molecule has 3 aromatic rings. The van der Waals surface area contributed by atoms with Crippen LogP contribution in [0.1, 0.15) is 22.6 Å². The molecule has 0 unspecified atom stereocenters. The molecule has 7 nitrogen and oxygen atoms in total. The van der Waals surface area contributed by atoms with E-state index in [4.69, 9.17) is 14.0 Å². The first-order valence-electron chi connectivity index (χ1n) is 7.77. The van der Waals surface area contributed by atoms with Crippen LogP contribution in [0.15, 0.2) is 39.6 Å². The average molecular weight is 342 g/mol. The van der Waals surface area contributed by atoms with Gasteiger partial charge >= 0.3 is 5.97 Å². The highest BCUT2D eigenvalue weighted by molar-refractivity contribution is 5.71. The highest BCUT2D eigenvalue weighted by atomic mass is 16.6. The average Bonchev–Trinajstić information content (AvgIpc) is 2.95. The standard InChI is InChI=1S/C18H18N2O5/c1-11-4-5-15(6-12(11)2)23-10-18(22)24-9-14-8-17(21)20-16(19-14)7-13(3)25-20/h4-8H,9-10H2,1-3H3. The number of esters is 1.